The molecule has 1 aromatic heterocycles. The first-order valence-corrected chi connectivity index (χ1v) is 12.2. The third kappa shape index (κ3) is 5.58. The Hall–Kier alpha value is -3.70. The summed E-state index contributed by atoms with van der Waals surface area (Å²) >= 11 is 0. The molecule has 2 unspecified atom stereocenters. The number of carbonyl (C=O) groups is 3. The van der Waals surface area contributed by atoms with Gasteiger partial charge in [0.25, 0.3) is 11.8 Å². The molecule has 0 radical (unpaired) electrons. The summed E-state index contributed by atoms with van der Waals surface area (Å²) in [6.45, 7) is 3.72. The van der Waals surface area contributed by atoms with Crippen molar-refractivity contribution in [1.29, 1.82) is 0 Å². The zero-order valence-electron chi connectivity index (χ0n) is 21.2. The standard InChI is InChI=1S/C26H28F4N4O4/c1-15-4-5-16(2)34(15)23(36)17-6-7-18(21(27)11-17)12-31-24(37)25(8-9-25)32-22(35)19-10-20(26(28,29)30)14-33(13-19)38-3/h6-7,10-11,13-16H,4-5,8-9,12H2,1-3H3,(H-,31,32,35,37)/p+1. The summed E-state index contributed by atoms with van der Waals surface area (Å²) < 4.78 is 55.1. The summed E-state index contributed by atoms with van der Waals surface area (Å²) in [6.07, 6.45) is -0.626. The molecule has 1 aliphatic carbocycles. The average Bonchev–Trinajstić information content (AvgIpc) is 3.58. The van der Waals surface area contributed by atoms with Crippen LogP contribution in [0.25, 0.3) is 0 Å². The van der Waals surface area contributed by atoms with Crippen LogP contribution in [0.4, 0.5) is 17.6 Å². The van der Waals surface area contributed by atoms with E-state index in [9.17, 15) is 31.9 Å². The largest absolute Gasteiger partial charge is 0.422 e. The topological polar surface area (TPSA) is 91.6 Å². The Morgan fingerprint density at radius 2 is 1.74 bits per heavy atom. The molecule has 0 bridgehead atoms. The van der Waals surface area contributed by atoms with Gasteiger partial charge in [0.2, 0.25) is 18.3 Å². The molecular weight excluding hydrogens is 508 g/mol. The van der Waals surface area contributed by atoms with Crippen molar-refractivity contribution in [2.75, 3.05) is 7.11 Å². The number of benzene rings is 1. The molecule has 8 nitrogen and oxygen atoms in total. The lowest BCUT2D eigenvalue weighted by molar-refractivity contribution is -0.886. The van der Waals surface area contributed by atoms with Crippen LogP contribution in [0.1, 0.15) is 71.4 Å². The van der Waals surface area contributed by atoms with Crippen LogP contribution in [-0.2, 0) is 17.5 Å². The van der Waals surface area contributed by atoms with Gasteiger partial charge in [0.15, 0.2) is 0 Å². The average molecular weight is 538 g/mol. The Bertz CT molecular complexity index is 1250. The number of aromatic nitrogens is 1. The zero-order chi connectivity index (χ0) is 27.8. The van der Waals surface area contributed by atoms with Crippen LogP contribution in [0.2, 0.25) is 0 Å². The van der Waals surface area contributed by atoms with Gasteiger partial charge in [-0.2, -0.15) is 13.2 Å². The van der Waals surface area contributed by atoms with Gasteiger partial charge in [0, 0.05) is 34.5 Å². The summed E-state index contributed by atoms with van der Waals surface area (Å²) in [5.41, 5.74) is -2.37. The summed E-state index contributed by atoms with van der Waals surface area (Å²) in [6, 6.07) is 4.90. The van der Waals surface area contributed by atoms with E-state index in [1.165, 1.54) is 12.1 Å². The van der Waals surface area contributed by atoms with Gasteiger partial charge in [-0.25, -0.2) is 4.39 Å². The number of nitrogens with zero attached hydrogens (tertiary/aromatic N) is 2. The van der Waals surface area contributed by atoms with Crippen LogP contribution in [0.15, 0.2) is 36.7 Å². The van der Waals surface area contributed by atoms with Gasteiger partial charge in [-0.15, -0.1) is 0 Å². The minimum absolute atomic E-state index is 0.0695. The van der Waals surface area contributed by atoms with E-state index >= 15 is 0 Å². The molecule has 2 heterocycles. The maximum atomic E-state index is 14.8. The molecule has 2 aromatic rings. The lowest BCUT2D eigenvalue weighted by Crippen LogP contribution is -2.49. The molecule has 3 amide bonds. The lowest BCUT2D eigenvalue weighted by Gasteiger charge is -2.26. The second-order valence-electron chi connectivity index (χ2n) is 9.87. The second-order valence-corrected chi connectivity index (χ2v) is 9.87. The van der Waals surface area contributed by atoms with Crippen molar-refractivity contribution in [2.24, 2.45) is 0 Å². The summed E-state index contributed by atoms with van der Waals surface area (Å²) in [5.74, 6) is -2.37. The number of amides is 3. The van der Waals surface area contributed by atoms with Crippen LogP contribution >= 0.6 is 0 Å². The first-order valence-electron chi connectivity index (χ1n) is 12.2. The van der Waals surface area contributed by atoms with Crippen LogP contribution < -0.4 is 20.2 Å². The fourth-order valence-electron chi connectivity index (χ4n) is 4.67. The van der Waals surface area contributed by atoms with Gasteiger partial charge >= 0.3 is 6.18 Å². The van der Waals surface area contributed by atoms with Crippen molar-refractivity contribution in [1.82, 2.24) is 15.5 Å². The van der Waals surface area contributed by atoms with Gasteiger partial charge in [-0.05, 0) is 57.7 Å². The molecule has 4 rings (SSSR count). The molecule has 1 aliphatic heterocycles. The van der Waals surface area contributed by atoms with Gasteiger partial charge in [0.1, 0.15) is 29.6 Å². The molecule has 0 spiro atoms. The van der Waals surface area contributed by atoms with Gasteiger partial charge in [-0.1, -0.05) is 6.07 Å². The lowest BCUT2D eigenvalue weighted by atomic mass is 10.1. The number of likely N-dealkylation sites (tertiary alicyclic amines) is 1. The van der Waals surface area contributed by atoms with E-state index in [0.29, 0.717) is 12.3 Å². The SMILES string of the molecule is CO[n+]1cc(C(=O)NC2(C(=O)NCc3ccc(C(=O)N4C(C)CCC4C)cc3F)CC2)cc(C(F)(F)F)c1. The van der Waals surface area contributed by atoms with E-state index in [2.05, 4.69) is 10.6 Å². The monoisotopic (exact) mass is 537 g/mol. The maximum Gasteiger partial charge on any atom is 0.422 e. The van der Waals surface area contributed by atoms with Crippen LogP contribution in [0.5, 0.6) is 0 Å². The predicted octanol–water partition coefficient (Wildman–Crippen LogP) is 2.78. The van der Waals surface area contributed by atoms with E-state index in [-0.39, 0.29) is 54.1 Å². The molecule has 12 heteroatoms. The Morgan fingerprint density at radius 1 is 1.08 bits per heavy atom. The molecule has 38 heavy (non-hydrogen) atoms. The molecular formula is C26H29F4N4O4+. The number of alkyl halides is 3. The van der Waals surface area contributed by atoms with Crippen LogP contribution in [0, 0.1) is 5.82 Å². The predicted molar refractivity (Wildman–Crippen MR) is 126 cm³/mol. The van der Waals surface area contributed by atoms with E-state index in [1.54, 1.807) is 4.90 Å². The van der Waals surface area contributed by atoms with Crippen molar-refractivity contribution in [3.05, 3.63) is 64.7 Å². The molecule has 1 aromatic carbocycles. The third-order valence-electron chi connectivity index (χ3n) is 7.11. The number of hydrogen-bond donors (Lipinski definition) is 2. The fraction of sp³-hybridized carbons (Fsp3) is 0.462. The van der Waals surface area contributed by atoms with E-state index < -0.39 is 34.9 Å². The molecule has 2 aliphatic rings. The highest BCUT2D eigenvalue weighted by atomic mass is 19.4. The number of nitrogens with one attached hydrogen (secondary N) is 2. The number of halogens is 4. The minimum Gasteiger partial charge on any atom is -0.350 e. The van der Waals surface area contributed by atoms with Crippen LogP contribution in [0.3, 0.4) is 0 Å². The maximum absolute atomic E-state index is 14.8. The second kappa shape index (κ2) is 10.2. The van der Waals surface area contributed by atoms with Gasteiger partial charge in [-0.3, -0.25) is 19.2 Å². The van der Waals surface area contributed by atoms with Crippen molar-refractivity contribution in [3.63, 3.8) is 0 Å². The van der Waals surface area contributed by atoms with Crippen molar-refractivity contribution >= 4 is 17.7 Å². The number of hydrogen-bond acceptors (Lipinski definition) is 4. The van der Waals surface area contributed by atoms with E-state index in [4.69, 9.17) is 4.84 Å². The molecule has 1 saturated carbocycles. The third-order valence-corrected chi connectivity index (χ3v) is 7.11. The van der Waals surface area contributed by atoms with E-state index in [0.717, 1.165) is 36.9 Å². The number of rotatable bonds is 7. The quantitative estimate of drug-likeness (QED) is 0.420. The molecule has 2 atom stereocenters. The summed E-state index contributed by atoms with van der Waals surface area (Å²) in [7, 11) is 1.15. The Kier molecular flexibility index (Phi) is 7.35. The summed E-state index contributed by atoms with van der Waals surface area (Å²) in [5, 5.41) is 5.07. The molecule has 204 valence electrons. The minimum atomic E-state index is -4.71. The molecule has 2 N–H and O–H groups in total. The Labute approximate surface area is 216 Å². The Balaban J connectivity index is 1.40. The normalized spacial score (nSPS) is 20.1. The summed E-state index contributed by atoms with van der Waals surface area (Å²) in [4.78, 5) is 44.9. The van der Waals surface area contributed by atoms with Crippen LogP contribution in [-0.4, -0.2) is 47.4 Å². The number of carbonyl (C=O) groups excluding carboxylic acids is 3. The highest BCUT2D eigenvalue weighted by Crippen LogP contribution is 2.36. The fourth-order valence-corrected chi connectivity index (χ4v) is 4.67. The van der Waals surface area contributed by atoms with Gasteiger partial charge < -0.3 is 15.5 Å². The first-order chi connectivity index (χ1) is 17.8. The molecule has 2 fully saturated rings. The Morgan fingerprint density at radius 3 is 2.29 bits per heavy atom. The number of pyridine rings is 1. The smallest absolute Gasteiger partial charge is 0.350 e. The first kappa shape index (κ1) is 27.3. The highest BCUT2D eigenvalue weighted by Gasteiger charge is 2.51. The zero-order valence-corrected chi connectivity index (χ0v) is 21.2. The van der Waals surface area contributed by atoms with E-state index in [1.807, 2.05) is 13.8 Å². The molecule has 1 saturated heterocycles. The van der Waals surface area contributed by atoms with Crippen molar-refractivity contribution in [3.8, 4) is 0 Å². The van der Waals surface area contributed by atoms with Gasteiger partial charge in [0.05, 0.1) is 0 Å². The van der Waals surface area contributed by atoms with Crippen molar-refractivity contribution < 1.29 is 41.5 Å². The highest BCUT2D eigenvalue weighted by molar-refractivity contribution is 6.00. The van der Waals surface area contributed by atoms with Crippen molar-refractivity contribution in [2.45, 2.75) is 69.9 Å².